The molecule has 6 heteroatoms. The van der Waals surface area contributed by atoms with Crippen LogP contribution < -0.4 is 4.72 Å². The van der Waals surface area contributed by atoms with Crippen LogP contribution in [-0.2, 0) is 21.4 Å². The van der Waals surface area contributed by atoms with E-state index in [0.717, 1.165) is 0 Å². The first kappa shape index (κ1) is 13.1. The van der Waals surface area contributed by atoms with Crippen molar-refractivity contribution >= 4 is 10.0 Å². The van der Waals surface area contributed by atoms with Gasteiger partial charge in [0, 0.05) is 13.7 Å². The van der Waals surface area contributed by atoms with Gasteiger partial charge >= 0.3 is 0 Å². The Hall–Kier alpha value is -0.950. The Morgan fingerprint density at radius 3 is 2.81 bits per heavy atom. The lowest BCUT2D eigenvalue weighted by Gasteiger charge is -2.07. The molecule has 90 valence electrons. The average molecular weight is 245 g/mol. The number of rotatable bonds is 6. The maximum atomic E-state index is 11.7. The highest BCUT2D eigenvalue weighted by atomic mass is 32.2. The molecule has 0 spiro atoms. The fraction of sp³-hybridized carbons (Fsp3) is 0.400. The van der Waals surface area contributed by atoms with Crippen LogP contribution >= 0.6 is 0 Å². The zero-order valence-electron chi connectivity index (χ0n) is 9.01. The minimum absolute atomic E-state index is 0.148. The fourth-order valence-corrected chi connectivity index (χ4v) is 2.26. The second-order valence-electron chi connectivity index (χ2n) is 3.20. The molecule has 0 unspecified atom stereocenters. The van der Waals surface area contributed by atoms with Gasteiger partial charge in [-0.2, -0.15) is 0 Å². The third-order valence-electron chi connectivity index (χ3n) is 1.99. The maximum Gasteiger partial charge on any atom is 0.240 e. The molecule has 2 N–H and O–H groups in total. The largest absolute Gasteiger partial charge is 0.392 e. The molecule has 0 fully saturated rings. The van der Waals surface area contributed by atoms with Gasteiger partial charge in [-0.25, -0.2) is 13.1 Å². The van der Waals surface area contributed by atoms with Gasteiger partial charge in [0.25, 0.3) is 0 Å². The number of aliphatic hydroxyl groups is 1. The summed E-state index contributed by atoms with van der Waals surface area (Å²) >= 11 is 0. The van der Waals surface area contributed by atoms with Crippen LogP contribution in [0.15, 0.2) is 29.2 Å². The molecule has 0 aliphatic heterocycles. The molecule has 0 radical (unpaired) electrons. The number of benzene rings is 1. The number of hydrogen-bond acceptors (Lipinski definition) is 4. The Morgan fingerprint density at radius 1 is 1.44 bits per heavy atom. The van der Waals surface area contributed by atoms with Crippen molar-refractivity contribution in [3.8, 4) is 0 Å². The van der Waals surface area contributed by atoms with Gasteiger partial charge in [-0.05, 0) is 17.7 Å². The SMILES string of the molecule is COCCNS(=O)(=O)c1cccc(CO)c1. The second kappa shape index (κ2) is 5.95. The first-order valence-corrected chi connectivity index (χ1v) is 6.27. The normalized spacial score (nSPS) is 11.6. The second-order valence-corrected chi connectivity index (χ2v) is 4.96. The van der Waals surface area contributed by atoms with Gasteiger partial charge in [0.2, 0.25) is 10.0 Å². The Morgan fingerprint density at radius 2 is 2.19 bits per heavy atom. The number of nitrogens with one attached hydrogen (secondary N) is 1. The average Bonchev–Trinajstić information content (AvgIpc) is 2.29. The van der Waals surface area contributed by atoms with Crippen LogP contribution in [0.3, 0.4) is 0 Å². The van der Waals surface area contributed by atoms with Crippen molar-refractivity contribution < 1.29 is 18.3 Å². The molecule has 1 aromatic rings. The Kier molecular flexibility index (Phi) is 4.88. The molecule has 1 rings (SSSR count). The van der Waals surface area contributed by atoms with Crippen molar-refractivity contribution in [3.05, 3.63) is 29.8 Å². The summed E-state index contributed by atoms with van der Waals surface area (Å²) in [5.41, 5.74) is 0.564. The van der Waals surface area contributed by atoms with Crippen LogP contribution in [0.25, 0.3) is 0 Å². The van der Waals surface area contributed by atoms with Crippen molar-refractivity contribution in [1.29, 1.82) is 0 Å². The van der Waals surface area contributed by atoms with Crippen LogP contribution in [0.5, 0.6) is 0 Å². The first-order chi connectivity index (χ1) is 7.60. The summed E-state index contributed by atoms with van der Waals surface area (Å²) in [6.45, 7) is 0.364. The summed E-state index contributed by atoms with van der Waals surface area (Å²) in [6.07, 6.45) is 0. The van der Waals surface area contributed by atoms with Crippen LogP contribution in [0.4, 0.5) is 0 Å². The molecular formula is C10H15NO4S. The molecule has 0 heterocycles. The van der Waals surface area contributed by atoms with E-state index in [1.165, 1.54) is 19.2 Å². The Balaban J connectivity index is 2.81. The van der Waals surface area contributed by atoms with Crippen molar-refractivity contribution in [2.45, 2.75) is 11.5 Å². The van der Waals surface area contributed by atoms with Crippen molar-refractivity contribution in [2.75, 3.05) is 20.3 Å². The lowest BCUT2D eigenvalue weighted by atomic mass is 10.2. The van der Waals surface area contributed by atoms with Crippen molar-refractivity contribution in [3.63, 3.8) is 0 Å². The Labute approximate surface area is 95.1 Å². The van der Waals surface area contributed by atoms with Gasteiger partial charge in [0.1, 0.15) is 0 Å². The van der Waals surface area contributed by atoms with Crippen LogP contribution in [0, 0.1) is 0 Å². The molecule has 0 saturated heterocycles. The van der Waals surface area contributed by atoms with E-state index in [2.05, 4.69) is 4.72 Å². The molecule has 0 aromatic heterocycles. The minimum atomic E-state index is -3.51. The van der Waals surface area contributed by atoms with E-state index >= 15 is 0 Å². The van der Waals surface area contributed by atoms with E-state index in [1.807, 2.05) is 0 Å². The van der Waals surface area contributed by atoms with E-state index in [9.17, 15) is 8.42 Å². The summed E-state index contributed by atoms with van der Waals surface area (Å²) in [4.78, 5) is 0.148. The highest BCUT2D eigenvalue weighted by Crippen LogP contribution is 2.11. The standard InChI is InChI=1S/C10H15NO4S/c1-15-6-5-11-16(13,14)10-4-2-3-9(7-10)8-12/h2-4,7,11-12H,5-6,8H2,1H3. The predicted molar refractivity (Wildman–Crippen MR) is 59.4 cm³/mol. The molecular weight excluding hydrogens is 230 g/mol. The summed E-state index contributed by atoms with van der Waals surface area (Å²) in [5.74, 6) is 0. The summed E-state index contributed by atoms with van der Waals surface area (Å²) in [6, 6.07) is 6.17. The molecule has 5 nitrogen and oxygen atoms in total. The minimum Gasteiger partial charge on any atom is -0.392 e. The third kappa shape index (κ3) is 3.57. The molecule has 0 aliphatic rings. The number of ether oxygens (including phenoxy) is 1. The van der Waals surface area contributed by atoms with Gasteiger partial charge < -0.3 is 9.84 Å². The maximum absolute atomic E-state index is 11.7. The zero-order chi connectivity index (χ0) is 12.0. The molecule has 1 aromatic carbocycles. The van der Waals surface area contributed by atoms with Gasteiger partial charge in [0.15, 0.2) is 0 Å². The topological polar surface area (TPSA) is 75.6 Å². The van der Waals surface area contributed by atoms with E-state index in [1.54, 1.807) is 12.1 Å². The molecule has 0 bridgehead atoms. The molecule has 0 saturated carbocycles. The smallest absolute Gasteiger partial charge is 0.240 e. The lowest BCUT2D eigenvalue weighted by molar-refractivity contribution is 0.204. The van der Waals surface area contributed by atoms with Crippen LogP contribution in [-0.4, -0.2) is 33.8 Å². The molecule has 0 atom stereocenters. The van der Waals surface area contributed by atoms with Gasteiger partial charge in [-0.3, -0.25) is 0 Å². The number of aliphatic hydroxyl groups excluding tert-OH is 1. The molecule has 16 heavy (non-hydrogen) atoms. The monoisotopic (exact) mass is 245 g/mol. The highest BCUT2D eigenvalue weighted by molar-refractivity contribution is 7.89. The van der Waals surface area contributed by atoms with E-state index in [4.69, 9.17) is 9.84 Å². The zero-order valence-corrected chi connectivity index (χ0v) is 9.83. The third-order valence-corrected chi connectivity index (χ3v) is 3.45. The quantitative estimate of drug-likeness (QED) is 0.697. The van der Waals surface area contributed by atoms with Crippen LogP contribution in [0.1, 0.15) is 5.56 Å². The summed E-state index contributed by atoms with van der Waals surface area (Å²) in [7, 11) is -2.01. The molecule has 0 aliphatic carbocycles. The Bertz CT molecular complexity index is 430. The van der Waals surface area contributed by atoms with Gasteiger partial charge in [-0.15, -0.1) is 0 Å². The predicted octanol–water partition coefficient (Wildman–Crippen LogP) is 0.104. The highest BCUT2D eigenvalue weighted by Gasteiger charge is 2.13. The summed E-state index contributed by atoms with van der Waals surface area (Å²) in [5, 5.41) is 8.91. The van der Waals surface area contributed by atoms with E-state index in [0.29, 0.717) is 12.2 Å². The van der Waals surface area contributed by atoms with Crippen LogP contribution in [0.2, 0.25) is 0 Å². The van der Waals surface area contributed by atoms with Gasteiger partial charge in [0.05, 0.1) is 18.1 Å². The van der Waals surface area contributed by atoms with Crippen molar-refractivity contribution in [1.82, 2.24) is 4.72 Å². The molecule has 0 amide bonds. The lowest BCUT2D eigenvalue weighted by Crippen LogP contribution is -2.27. The van der Waals surface area contributed by atoms with E-state index in [-0.39, 0.29) is 18.0 Å². The fourth-order valence-electron chi connectivity index (χ4n) is 1.17. The summed E-state index contributed by atoms with van der Waals surface area (Å²) < 4.78 is 30.6. The number of sulfonamides is 1. The number of hydrogen-bond donors (Lipinski definition) is 2. The first-order valence-electron chi connectivity index (χ1n) is 4.78. The van der Waals surface area contributed by atoms with Gasteiger partial charge in [-0.1, -0.05) is 12.1 Å². The van der Waals surface area contributed by atoms with Crippen molar-refractivity contribution in [2.24, 2.45) is 0 Å². The van der Waals surface area contributed by atoms with E-state index < -0.39 is 10.0 Å². The number of methoxy groups -OCH3 is 1.